The minimum absolute atomic E-state index is 0.0521. The van der Waals surface area contributed by atoms with Crippen molar-refractivity contribution >= 4 is 19.5 Å². The Morgan fingerprint density at radius 2 is 2.00 bits per heavy atom. The summed E-state index contributed by atoms with van der Waals surface area (Å²) in [6, 6.07) is 0. The summed E-state index contributed by atoms with van der Waals surface area (Å²) >= 11 is 5.42. The van der Waals surface area contributed by atoms with Gasteiger partial charge < -0.3 is 0 Å². The second-order valence-corrected chi connectivity index (χ2v) is 4.39. The first-order valence-corrected chi connectivity index (χ1v) is 5.21. The van der Waals surface area contributed by atoms with Crippen LogP contribution in [0.2, 0.25) is 0 Å². The average molecular weight is 221 g/mol. The van der Waals surface area contributed by atoms with E-state index in [1.54, 1.807) is 0 Å². The molecule has 0 saturated carbocycles. The molecule has 1 fully saturated rings. The Morgan fingerprint density at radius 1 is 1.50 bits per heavy atom. The third-order valence-corrected chi connectivity index (χ3v) is 3.06. The van der Waals surface area contributed by atoms with Crippen molar-refractivity contribution in [3.8, 4) is 0 Å². The van der Waals surface area contributed by atoms with E-state index < -0.39 is 20.0 Å². The molecule has 0 bridgehead atoms. The topological polar surface area (TPSA) is 35.5 Å². The second-order valence-electron chi connectivity index (χ2n) is 2.74. The summed E-state index contributed by atoms with van der Waals surface area (Å²) in [6.07, 6.45) is 0. The van der Waals surface area contributed by atoms with E-state index in [9.17, 15) is 13.2 Å². The number of hydrogen-bond donors (Lipinski definition) is 0. The zero-order valence-corrected chi connectivity index (χ0v) is 7.78. The van der Waals surface area contributed by atoms with E-state index in [1.807, 2.05) is 0 Å². The molecule has 3 nitrogen and oxygen atoms in total. The van der Waals surface area contributed by atoms with Crippen molar-refractivity contribution in [2.75, 3.05) is 25.8 Å². The van der Waals surface area contributed by atoms with Gasteiger partial charge in [0.2, 0.25) is 0 Å². The van der Waals surface area contributed by atoms with Gasteiger partial charge in [-0.15, -0.1) is 15.8 Å². The van der Waals surface area contributed by atoms with Crippen LogP contribution >= 0.6 is 19.5 Å². The van der Waals surface area contributed by atoms with Crippen LogP contribution in [-0.4, -0.2) is 25.8 Å². The molecule has 0 aromatic heterocycles. The molecule has 1 heterocycles. The van der Waals surface area contributed by atoms with Crippen LogP contribution < -0.4 is 0 Å². The largest absolute Gasteiger partial charge is 0.513 e. The summed E-state index contributed by atoms with van der Waals surface area (Å²) in [6.45, 7) is -1.39. The van der Waals surface area contributed by atoms with Crippen LogP contribution in [0.3, 0.4) is 0 Å². The van der Waals surface area contributed by atoms with Gasteiger partial charge >= 0.3 is 7.91 Å². The van der Waals surface area contributed by atoms with Crippen LogP contribution in [0.4, 0.5) is 8.59 Å². The smallest absolute Gasteiger partial charge is 0.283 e. The van der Waals surface area contributed by atoms with Gasteiger partial charge in [-0.1, -0.05) is 0 Å². The van der Waals surface area contributed by atoms with Crippen molar-refractivity contribution in [1.82, 2.24) is 0 Å². The van der Waals surface area contributed by atoms with E-state index in [1.165, 1.54) is 0 Å². The van der Waals surface area contributed by atoms with Crippen LogP contribution in [0.5, 0.6) is 0 Å². The summed E-state index contributed by atoms with van der Waals surface area (Å²) in [5.41, 5.74) is -1.04. The van der Waals surface area contributed by atoms with Crippen molar-refractivity contribution < 1.29 is 22.2 Å². The number of halogens is 3. The summed E-state index contributed by atoms with van der Waals surface area (Å²) in [5, 5.41) is 0. The van der Waals surface area contributed by atoms with Gasteiger partial charge in [-0.05, 0) is 0 Å². The van der Waals surface area contributed by atoms with Gasteiger partial charge in [-0.2, -0.15) is 0 Å². The third-order valence-electron chi connectivity index (χ3n) is 1.62. The molecular formula is C5H8ClF2O3P. The van der Waals surface area contributed by atoms with E-state index in [0.29, 0.717) is 0 Å². The first-order valence-electron chi connectivity index (χ1n) is 3.24. The lowest BCUT2D eigenvalue weighted by Gasteiger charge is -2.32. The highest BCUT2D eigenvalue weighted by atomic mass is 35.5. The zero-order valence-electron chi connectivity index (χ0n) is 6.13. The molecule has 1 saturated heterocycles. The van der Waals surface area contributed by atoms with Crippen LogP contribution in [0.15, 0.2) is 0 Å². The average Bonchev–Trinajstić information content (AvgIpc) is 2.06. The number of rotatable bonds is 2. The molecule has 0 aromatic rings. The minimum atomic E-state index is -4.42. The van der Waals surface area contributed by atoms with Gasteiger partial charge in [0, 0.05) is 5.88 Å². The molecule has 72 valence electrons. The van der Waals surface area contributed by atoms with Crippen LogP contribution in [0.25, 0.3) is 0 Å². The van der Waals surface area contributed by atoms with E-state index in [4.69, 9.17) is 11.6 Å². The third kappa shape index (κ3) is 2.16. The molecule has 0 radical (unpaired) electrons. The molecular weight excluding hydrogens is 212 g/mol. The van der Waals surface area contributed by atoms with Gasteiger partial charge in [0.05, 0.1) is 18.6 Å². The minimum Gasteiger partial charge on any atom is -0.283 e. The second kappa shape index (κ2) is 3.58. The molecule has 0 aromatic carbocycles. The number of hydrogen-bond acceptors (Lipinski definition) is 3. The fraction of sp³-hybridized carbons (Fsp3) is 1.00. The maximum Gasteiger partial charge on any atom is 0.513 e. The van der Waals surface area contributed by atoms with Crippen molar-refractivity contribution in [1.29, 1.82) is 0 Å². The molecule has 0 atom stereocenters. The quantitative estimate of drug-likeness (QED) is 0.529. The Balaban J connectivity index is 2.59. The van der Waals surface area contributed by atoms with E-state index in [0.717, 1.165) is 0 Å². The first kappa shape index (κ1) is 10.4. The molecule has 7 heteroatoms. The fourth-order valence-electron chi connectivity index (χ4n) is 0.697. The van der Waals surface area contributed by atoms with Crippen molar-refractivity contribution in [2.24, 2.45) is 5.41 Å². The fourth-order valence-corrected chi connectivity index (χ4v) is 1.85. The van der Waals surface area contributed by atoms with Gasteiger partial charge in [0.1, 0.15) is 6.67 Å². The van der Waals surface area contributed by atoms with Crippen LogP contribution in [0, 0.1) is 5.41 Å². The predicted octanol–water partition coefficient (Wildman–Crippen LogP) is 2.31. The normalized spacial score (nSPS) is 42.9. The van der Waals surface area contributed by atoms with Crippen LogP contribution in [0.1, 0.15) is 0 Å². The molecule has 0 spiro atoms. The van der Waals surface area contributed by atoms with E-state index >= 15 is 0 Å². The molecule has 12 heavy (non-hydrogen) atoms. The van der Waals surface area contributed by atoms with Crippen LogP contribution in [-0.2, 0) is 13.6 Å². The monoisotopic (exact) mass is 220 g/mol. The van der Waals surface area contributed by atoms with Gasteiger partial charge in [0.25, 0.3) is 0 Å². The molecule has 0 unspecified atom stereocenters. The lowest BCUT2D eigenvalue weighted by Crippen LogP contribution is -2.38. The molecule has 1 rings (SSSR count). The number of alkyl halides is 2. The Hall–Kier alpha value is 0.300. The molecule has 0 amide bonds. The lowest BCUT2D eigenvalue weighted by atomic mass is 9.95. The Morgan fingerprint density at radius 3 is 2.33 bits per heavy atom. The summed E-state index contributed by atoms with van der Waals surface area (Å²) < 4.78 is 43.6. The summed E-state index contributed by atoms with van der Waals surface area (Å²) in [5.74, 6) is -0.0521. The van der Waals surface area contributed by atoms with Crippen molar-refractivity contribution in [2.45, 2.75) is 0 Å². The standard InChI is InChI=1S/C5H8ClF2O3P/c6-1-5(2-7)3-10-12(8,9)11-4-5/h1-4H2. The molecule has 0 N–H and O–H groups in total. The lowest BCUT2D eigenvalue weighted by molar-refractivity contribution is 0.00343. The highest BCUT2D eigenvalue weighted by Crippen LogP contribution is 2.55. The van der Waals surface area contributed by atoms with Gasteiger partial charge in [0.15, 0.2) is 0 Å². The summed E-state index contributed by atoms with van der Waals surface area (Å²) in [4.78, 5) is 0. The highest BCUT2D eigenvalue weighted by molar-refractivity contribution is 7.48. The van der Waals surface area contributed by atoms with Crippen molar-refractivity contribution in [3.05, 3.63) is 0 Å². The summed E-state index contributed by atoms with van der Waals surface area (Å²) in [7, 11) is -4.42. The van der Waals surface area contributed by atoms with E-state index in [2.05, 4.69) is 9.05 Å². The SMILES string of the molecule is O=P1(F)OCC(CF)(CCl)CO1. The molecule has 0 aliphatic carbocycles. The molecule has 1 aliphatic rings. The Bertz CT molecular complexity index is 195. The maximum absolute atomic E-state index is 12.4. The van der Waals surface area contributed by atoms with Gasteiger partial charge in [-0.25, -0.2) is 4.57 Å². The highest BCUT2D eigenvalue weighted by Gasteiger charge is 2.42. The zero-order chi connectivity index (χ0) is 9.24. The first-order chi connectivity index (χ1) is 5.54. The van der Waals surface area contributed by atoms with E-state index in [-0.39, 0.29) is 19.1 Å². The maximum atomic E-state index is 12.4. The Kier molecular flexibility index (Phi) is 3.10. The Labute approximate surface area is 73.6 Å². The van der Waals surface area contributed by atoms with Gasteiger partial charge in [-0.3, -0.25) is 13.4 Å². The molecule has 1 aliphatic heterocycles. The predicted molar refractivity (Wildman–Crippen MR) is 39.7 cm³/mol. The van der Waals surface area contributed by atoms with Crippen molar-refractivity contribution in [3.63, 3.8) is 0 Å².